The molecule has 1 aromatic carbocycles. The number of nitrogens with one attached hydrogen (secondary N) is 1. The van der Waals surface area contributed by atoms with Crippen molar-refractivity contribution in [3.63, 3.8) is 0 Å². The molecule has 0 amide bonds. The highest BCUT2D eigenvalue weighted by Crippen LogP contribution is 2.30. The number of nitrogens with zero attached hydrogens (tertiary/aromatic N) is 3. The van der Waals surface area contributed by atoms with Crippen molar-refractivity contribution >= 4 is 5.57 Å². The van der Waals surface area contributed by atoms with Crippen LogP contribution in [0.2, 0.25) is 0 Å². The number of aryl methyl sites for hydroxylation is 1. The maximum absolute atomic E-state index is 11.7. The maximum atomic E-state index is 11.7. The summed E-state index contributed by atoms with van der Waals surface area (Å²) in [5.41, 5.74) is 8.91. The first-order valence-electron chi connectivity index (χ1n) is 10.7. The minimum atomic E-state index is -0.152. The number of benzene rings is 1. The Bertz CT molecular complexity index is 1220. The molecular weight excluding hydrogens is 384 g/mol. The van der Waals surface area contributed by atoms with E-state index in [1.165, 1.54) is 29.0 Å². The van der Waals surface area contributed by atoms with Crippen molar-refractivity contribution in [1.82, 2.24) is 19.9 Å². The molecule has 0 fully saturated rings. The lowest BCUT2D eigenvalue weighted by Crippen LogP contribution is -2.30. The highest BCUT2D eigenvalue weighted by Gasteiger charge is 2.21. The van der Waals surface area contributed by atoms with E-state index in [2.05, 4.69) is 58.7 Å². The Morgan fingerprint density at radius 2 is 2.00 bits per heavy atom. The van der Waals surface area contributed by atoms with Gasteiger partial charge in [0.1, 0.15) is 5.82 Å². The van der Waals surface area contributed by atoms with Gasteiger partial charge in [0.25, 0.3) is 5.56 Å². The molecule has 0 saturated heterocycles. The molecule has 158 valence electrons. The molecular formula is C26H28N4O. The summed E-state index contributed by atoms with van der Waals surface area (Å²) in [6, 6.07) is 12.2. The third kappa shape index (κ3) is 4.22. The zero-order chi connectivity index (χ0) is 22.0. The van der Waals surface area contributed by atoms with Crippen LogP contribution in [0.5, 0.6) is 0 Å². The number of H-pyrrole nitrogens is 1. The first-order chi connectivity index (χ1) is 15.0. The molecule has 0 bridgehead atoms. The Kier molecular flexibility index (Phi) is 5.85. The second-order valence-electron chi connectivity index (χ2n) is 7.99. The predicted octanol–water partition coefficient (Wildman–Crippen LogP) is 4.76. The molecule has 0 atom stereocenters. The SMILES string of the molecule is C=C(/C(C)=C(/C)c1nccc(=O)[nH]1)N1CCc2ncc(-c3ccccc3CC)cc2C1. The monoisotopic (exact) mass is 412 g/mol. The average molecular weight is 413 g/mol. The van der Waals surface area contributed by atoms with Crippen molar-refractivity contribution in [3.8, 4) is 11.1 Å². The fourth-order valence-electron chi connectivity index (χ4n) is 4.11. The number of aromatic amines is 1. The van der Waals surface area contributed by atoms with Crippen molar-refractivity contribution in [3.05, 3.63) is 99.6 Å². The normalized spacial score (nSPS) is 14.1. The molecule has 0 radical (unpaired) electrons. The highest BCUT2D eigenvalue weighted by atomic mass is 16.1. The Morgan fingerprint density at radius 3 is 2.77 bits per heavy atom. The van der Waals surface area contributed by atoms with E-state index in [9.17, 15) is 4.79 Å². The van der Waals surface area contributed by atoms with Crippen molar-refractivity contribution in [2.24, 2.45) is 0 Å². The number of rotatable bonds is 5. The Balaban J connectivity index is 1.61. The van der Waals surface area contributed by atoms with Crippen LogP contribution in [0.15, 0.2) is 71.4 Å². The molecule has 0 unspecified atom stereocenters. The van der Waals surface area contributed by atoms with E-state index in [-0.39, 0.29) is 5.56 Å². The van der Waals surface area contributed by atoms with Crippen molar-refractivity contribution in [2.45, 2.75) is 40.2 Å². The molecule has 5 nitrogen and oxygen atoms in total. The van der Waals surface area contributed by atoms with Gasteiger partial charge in [0.15, 0.2) is 0 Å². The molecule has 5 heteroatoms. The van der Waals surface area contributed by atoms with Crippen molar-refractivity contribution in [2.75, 3.05) is 6.54 Å². The minimum Gasteiger partial charge on any atom is -0.367 e. The summed E-state index contributed by atoms with van der Waals surface area (Å²) in [5.74, 6) is 0.587. The molecule has 3 aromatic rings. The summed E-state index contributed by atoms with van der Waals surface area (Å²) in [4.78, 5) is 25.8. The molecule has 31 heavy (non-hydrogen) atoms. The van der Waals surface area contributed by atoms with Gasteiger partial charge < -0.3 is 9.88 Å². The zero-order valence-corrected chi connectivity index (χ0v) is 18.4. The van der Waals surface area contributed by atoms with Crippen LogP contribution in [-0.2, 0) is 19.4 Å². The summed E-state index contributed by atoms with van der Waals surface area (Å²) < 4.78 is 0. The van der Waals surface area contributed by atoms with Crippen LogP contribution in [0.25, 0.3) is 16.7 Å². The van der Waals surface area contributed by atoms with E-state index in [0.29, 0.717) is 5.82 Å². The van der Waals surface area contributed by atoms with E-state index >= 15 is 0 Å². The van der Waals surface area contributed by atoms with Gasteiger partial charge in [0.05, 0.1) is 0 Å². The molecule has 0 spiro atoms. The van der Waals surface area contributed by atoms with Crippen molar-refractivity contribution in [1.29, 1.82) is 0 Å². The van der Waals surface area contributed by atoms with E-state index in [4.69, 9.17) is 4.98 Å². The molecule has 0 aliphatic carbocycles. The van der Waals surface area contributed by atoms with Gasteiger partial charge >= 0.3 is 0 Å². The molecule has 1 aliphatic rings. The largest absolute Gasteiger partial charge is 0.367 e. The zero-order valence-electron chi connectivity index (χ0n) is 18.4. The van der Waals surface area contributed by atoms with Crippen LogP contribution in [0.4, 0.5) is 0 Å². The summed E-state index contributed by atoms with van der Waals surface area (Å²) in [6.45, 7) is 12.2. The van der Waals surface area contributed by atoms with E-state index in [1.54, 1.807) is 0 Å². The third-order valence-corrected chi connectivity index (χ3v) is 6.15. The van der Waals surface area contributed by atoms with Gasteiger partial charge in [0, 0.05) is 54.9 Å². The molecule has 0 saturated carbocycles. The van der Waals surface area contributed by atoms with Gasteiger partial charge in [-0.15, -0.1) is 0 Å². The van der Waals surface area contributed by atoms with Crippen LogP contribution in [0.3, 0.4) is 0 Å². The lowest BCUT2D eigenvalue weighted by Gasteiger charge is -2.32. The van der Waals surface area contributed by atoms with Gasteiger partial charge in [-0.1, -0.05) is 37.8 Å². The summed E-state index contributed by atoms with van der Waals surface area (Å²) in [5, 5.41) is 0. The summed E-state index contributed by atoms with van der Waals surface area (Å²) in [7, 11) is 0. The lowest BCUT2D eigenvalue weighted by atomic mass is 9.95. The number of pyridine rings is 1. The highest BCUT2D eigenvalue weighted by molar-refractivity contribution is 5.68. The maximum Gasteiger partial charge on any atom is 0.251 e. The van der Waals surface area contributed by atoms with Gasteiger partial charge in [-0.2, -0.15) is 0 Å². The quantitative estimate of drug-likeness (QED) is 0.614. The number of allylic oxidation sites excluding steroid dienone is 2. The van der Waals surface area contributed by atoms with Crippen LogP contribution in [0, 0.1) is 0 Å². The fourth-order valence-corrected chi connectivity index (χ4v) is 4.11. The Labute approximate surface area is 183 Å². The molecule has 1 N–H and O–H groups in total. The topological polar surface area (TPSA) is 61.9 Å². The summed E-state index contributed by atoms with van der Waals surface area (Å²) in [6.07, 6.45) is 5.42. The number of hydrogen-bond donors (Lipinski definition) is 1. The van der Waals surface area contributed by atoms with E-state index in [1.807, 2.05) is 20.0 Å². The number of hydrogen-bond acceptors (Lipinski definition) is 4. The smallest absolute Gasteiger partial charge is 0.251 e. The van der Waals surface area contributed by atoms with Crippen molar-refractivity contribution < 1.29 is 0 Å². The van der Waals surface area contributed by atoms with Gasteiger partial charge in [-0.05, 0) is 54.2 Å². The lowest BCUT2D eigenvalue weighted by molar-refractivity contribution is 0.326. The second kappa shape index (κ2) is 8.72. The minimum absolute atomic E-state index is 0.152. The Morgan fingerprint density at radius 1 is 1.19 bits per heavy atom. The van der Waals surface area contributed by atoms with Gasteiger partial charge in [0.2, 0.25) is 0 Å². The molecule has 1 aliphatic heterocycles. The van der Waals surface area contributed by atoms with Crippen LogP contribution in [-0.4, -0.2) is 26.4 Å². The third-order valence-electron chi connectivity index (χ3n) is 6.15. The number of aromatic nitrogens is 3. The molecule has 2 aromatic heterocycles. The predicted molar refractivity (Wildman–Crippen MR) is 125 cm³/mol. The average Bonchev–Trinajstić information content (AvgIpc) is 2.81. The molecule has 3 heterocycles. The first kappa shape index (κ1) is 20.8. The standard InChI is InChI=1S/C26H28N4O/c1-5-20-8-6-7-9-23(20)21-14-22-16-30(13-11-24(22)28-15-21)19(4)17(2)18(3)26-27-12-10-25(31)29-26/h6-10,12,14-15H,4-5,11,13,16H2,1-3H3,(H,27,29,31)/b18-17-. The van der Waals surface area contributed by atoms with Gasteiger partial charge in [-0.3, -0.25) is 9.78 Å². The van der Waals surface area contributed by atoms with Gasteiger partial charge in [-0.25, -0.2) is 4.98 Å². The first-order valence-corrected chi connectivity index (χ1v) is 10.7. The van der Waals surface area contributed by atoms with Crippen LogP contribution in [0.1, 0.15) is 43.4 Å². The molecule has 4 rings (SSSR count). The van der Waals surface area contributed by atoms with Crippen LogP contribution < -0.4 is 5.56 Å². The fraction of sp³-hybridized carbons (Fsp3) is 0.269. The summed E-state index contributed by atoms with van der Waals surface area (Å²) >= 11 is 0. The van der Waals surface area contributed by atoms with E-state index < -0.39 is 0 Å². The van der Waals surface area contributed by atoms with E-state index in [0.717, 1.165) is 54.0 Å². The van der Waals surface area contributed by atoms with Crippen LogP contribution >= 0.6 is 0 Å². The second-order valence-corrected chi connectivity index (χ2v) is 7.99. The Hall–Kier alpha value is -3.47. The number of fused-ring (bicyclic) bond motifs is 1.